The van der Waals surface area contributed by atoms with E-state index in [1.54, 1.807) is 25.6 Å². The Labute approximate surface area is 130 Å². The molecule has 2 rings (SSSR count). The standard InChI is InChI=1S/C17H20N2O3/c1-3-14-7-8-16(22-14)15(12-21-2)19-17(20)9-6-13-5-4-10-18-11-13/h4-11,15H,3,12H2,1-2H3,(H,19,20)/b9-6+/t15-/m0/s1. The maximum atomic E-state index is 12.0. The molecule has 0 aliphatic rings. The predicted molar refractivity (Wildman–Crippen MR) is 84.1 cm³/mol. The van der Waals surface area contributed by atoms with E-state index in [0.29, 0.717) is 12.4 Å². The molecule has 2 aromatic heterocycles. The number of aryl methyl sites for hydroxylation is 1. The molecule has 1 atom stereocenters. The number of nitrogens with one attached hydrogen (secondary N) is 1. The summed E-state index contributed by atoms with van der Waals surface area (Å²) in [6.07, 6.45) is 7.38. The fourth-order valence-corrected chi connectivity index (χ4v) is 2.00. The van der Waals surface area contributed by atoms with E-state index in [2.05, 4.69) is 10.3 Å². The van der Waals surface area contributed by atoms with Crippen LogP contribution >= 0.6 is 0 Å². The van der Waals surface area contributed by atoms with Gasteiger partial charge >= 0.3 is 0 Å². The molecular formula is C17H20N2O3. The first kappa shape index (κ1) is 16.0. The number of aromatic nitrogens is 1. The molecule has 1 N–H and O–H groups in total. The number of amides is 1. The number of carbonyl (C=O) groups is 1. The van der Waals surface area contributed by atoms with Crippen LogP contribution in [0.25, 0.3) is 6.08 Å². The van der Waals surface area contributed by atoms with Crippen molar-refractivity contribution in [2.75, 3.05) is 13.7 Å². The van der Waals surface area contributed by atoms with Crippen LogP contribution in [0.5, 0.6) is 0 Å². The lowest BCUT2D eigenvalue weighted by atomic mass is 10.2. The summed E-state index contributed by atoms with van der Waals surface area (Å²) in [7, 11) is 1.59. The first-order valence-corrected chi connectivity index (χ1v) is 7.19. The lowest BCUT2D eigenvalue weighted by molar-refractivity contribution is -0.117. The van der Waals surface area contributed by atoms with Crippen molar-refractivity contribution in [1.82, 2.24) is 10.3 Å². The van der Waals surface area contributed by atoms with Gasteiger partial charge < -0.3 is 14.5 Å². The summed E-state index contributed by atoms with van der Waals surface area (Å²) in [5.74, 6) is 1.37. The van der Waals surface area contributed by atoms with E-state index in [-0.39, 0.29) is 11.9 Å². The van der Waals surface area contributed by atoms with Gasteiger partial charge in [0.2, 0.25) is 5.91 Å². The molecule has 0 aromatic carbocycles. The topological polar surface area (TPSA) is 64.4 Å². The van der Waals surface area contributed by atoms with Gasteiger partial charge in [0.25, 0.3) is 0 Å². The zero-order valence-corrected chi connectivity index (χ0v) is 12.8. The van der Waals surface area contributed by atoms with E-state index in [1.807, 2.05) is 31.2 Å². The second-order valence-electron chi connectivity index (χ2n) is 4.79. The van der Waals surface area contributed by atoms with Crippen LogP contribution in [0.4, 0.5) is 0 Å². The third-order valence-corrected chi connectivity index (χ3v) is 3.14. The van der Waals surface area contributed by atoms with Crippen LogP contribution in [0.15, 0.2) is 47.2 Å². The summed E-state index contributed by atoms with van der Waals surface area (Å²) in [6, 6.07) is 7.17. The summed E-state index contributed by atoms with van der Waals surface area (Å²) in [5, 5.41) is 2.88. The SMILES string of the molecule is CCc1ccc([C@H](COC)NC(=O)/C=C/c2cccnc2)o1. The van der Waals surface area contributed by atoms with Crippen molar-refractivity contribution >= 4 is 12.0 Å². The summed E-state index contributed by atoms with van der Waals surface area (Å²) >= 11 is 0. The molecular weight excluding hydrogens is 280 g/mol. The molecule has 0 bridgehead atoms. The molecule has 0 saturated heterocycles. The summed E-state index contributed by atoms with van der Waals surface area (Å²) < 4.78 is 10.8. The minimum absolute atomic E-state index is 0.208. The predicted octanol–water partition coefficient (Wildman–Crippen LogP) is 2.75. The number of ether oxygens (including phenoxy) is 1. The van der Waals surface area contributed by atoms with Gasteiger partial charge in [-0.05, 0) is 29.8 Å². The van der Waals surface area contributed by atoms with Crippen molar-refractivity contribution in [2.24, 2.45) is 0 Å². The minimum atomic E-state index is -0.309. The monoisotopic (exact) mass is 300 g/mol. The van der Waals surface area contributed by atoms with Crippen LogP contribution < -0.4 is 5.32 Å². The maximum Gasteiger partial charge on any atom is 0.244 e. The second kappa shape index (κ2) is 8.14. The van der Waals surface area contributed by atoms with Crippen LogP contribution in [0.3, 0.4) is 0 Å². The lowest BCUT2D eigenvalue weighted by Gasteiger charge is -2.14. The normalized spacial score (nSPS) is 12.5. The van der Waals surface area contributed by atoms with E-state index in [0.717, 1.165) is 17.7 Å². The van der Waals surface area contributed by atoms with Crippen molar-refractivity contribution in [2.45, 2.75) is 19.4 Å². The molecule has 116 valence electrons. The van der Waals surface area contributed by atoms with Crippen LogP contribution in [-0.2, 0) is 16.0 Å². The highest BCUT2D eigenvalue weighted by Gasteiger charge is 2.17. The molecule has 0 unspecified atom stereocenters. The highest BCUT2D eigenvalue weighted by Crippen LogP contribution is 2.17. The van der Waals surface area contributed by atoms with Gasteiger partial charge in [-0.1, -0.05) is 13.0 Å². The zero-order valence-electron chi connectivity index (χ0n) is 12.8. The van der Waals surface area contributed by atoms with E-state index >= 15 is 0 Å². The summed E-state index contributed by atoms with van der Waals surface area (Å²) in [6.45, 7) is 2.37. The highest BCUT2D eigenvalue weighted by atomic mass is 16.5. The molecule has 2 heterocycles. The van der Waals surface area contributed by atoms with E-state index in [1.165, 1.54) is 6.08 Å². The Morgan fingerprint density at radius 3 is 2.95 bits per heavy atom. The van der Waals surface area contributed by atoms with Gasteiger partial charge in [-0.25, -0.2) is 0 Å². The van der Waals surface area contributed by atoms with Crippen LogP contribution in [0.2, 0.25) is 0 Å². The summed E-state index contributed by atoms with van der Waals surface area (Å²) in [4.78, 5) is 16.0. The van der Waals surface area contributed by atoms with Crippen molar-refractivity contribution in [3.63, 3.8) is 0 Å². The molecule has 0 spiro atoms. The Morgan fingerprint density at radius 2 is 2.32 bits per heavy atom. The molecule has 0 aliphatic carbocycles. The number of nitrogens with zero attached hydrogens (tertiary/aromatic N) is 1. The first-order chi connectivity index (χ1) is 10.7. The number of rotatable bonds is 7. The van der Waals surface area contributed by atoms with Crippen LogP contribution in [0, 0.1) is 0 Å². The first-order valence-electron chi connectivity index (χ1n) is 7.19. The fourth-order valence-electron chi connectivity index (χ4n) is 2.00. The van der Waals surface area contributed by atoms with Crippen LogP contribution in [-0.4, -0.2) is 24.6 Å². The zero-order chi connectivity index (χ0) is 15.8. The Morgan fingerprint density at radius 1 is 1.45 bits per heavy atom. The Kier molecular flexibility index (Phi) is 5.91. The molecule has 0 radical (unpaired) electrons. The average molecular weight is 300 g/mol. The molecule has 5 nitrogen and oxygen atoms in total. The summed E-state index contributed by atoms with van der Waals surface area (Å²) in [5.41, 5.74) is 0.868. The van der Waals surface area contributed by atoms with E-state index in [4.69, 9.17) is 9.15 Å². The number of furan rings is 1. The third kappa shape index (κ3) is 4.56. The van der Waals surface area contributed by atoms with Crippen molar-refractivity contribution in [1.29, 1.82) is 0 Å². The van der Waals surface area contributed by atoms with Gasteiger partial charge in [0.1, 0.15) is 17.6 Å². The van der Waals surface area contributed by atoms with Gasteiger partial charge in [-0.2, -0.15) is 0 Å². The average Bonchev–Trinajstić information content (AvgIpc) is 3.02. The minimum Gasteiger partial charge on any atom is -0.464 e. The van der Waals surface area contributed by atoms with Gasteiger partial charge in [-0.15, -0.1) is 0 Å². The molecule has 1 amide bonds. The number of hydrogen-bond acceptors (Lipinski definition) is 4. The molecule has 2 aromatic rings. The lowest BCUT2D eigenvalue weighted by Crippen LogP contribution is -2.29. The van der Waals surface area contributed by atoms with Gasteiger partial charge in [-0.3, -0.25) is 9.78 Å². The highest BCUT2D eigenvalue weighted by molar-refractivity contribution is 5.91. The Bertz CT molecular complexity index is 620. The fraction of sp³-hybridized carbons (Fsp3) is 0.294. The quantitative estimate of drug-likeness (QED) is 0.799. The van der Waals surface area contributed by atoms with Crippen molar-refractivity contribution < 1.29 is 13.9 Å². The van der Waals surface area contributed by atoms with E-state index in [9.17, 15) is 4.79 Å². The number of methoxy groups -OCH3 is 1. The molecule has 5 heteroatoms. The molecule has 22 heavy (non-hydrogen) atoms. The van der Waals surface area contributed by atoms with Crippen molar-refractivity contribution in [3.05, 3.63) is 59.8 Å². The molecule has 0 saturated carbocycles. The second-order valence-corrected chi connectivity index (χ2v) is 4.79. The molecule has 0 fully saturated rings. The van der Waals surface area contributed by atoms with Gasteiger partial charge in [0.05, 0.1) is 6.61 Å². The Balaban J connectivity index is 2.01. The Hall–Kier alpha value is -2.40. The third-order valence-electron chi connectivity index (χ3n) is 3.14. The number of pyridine rings is 1. The number of hydrogen-bond donors (Lipinski definition) is 1. The van der Waals surface area contributed by atoms with Crippen molar-refractivity contribution in [3.8, 4) is 0 Å². The largest absolute Gasteiger partial charge is 0.464 e. The van der Waals surface area contributed by atoms with Gasteiger partial charge in [0.15, 0.2) is 0 Å². The van der Waals surface area contributed by atoms with Gasteiger partial charge in [0, 0.05) is 32.0 Å². The molecule has 0 aliphatic heterocycles. The maximum absolute atomic E-state index is 12.0. The van der Waals surface area contributed by atoms with Crippen LogP contribution in [0.1, 0.15) is 30.0 Å². The van der Waals surface area contributed by atoms with E-state index < -0.39 is 0 Å². The smallest absolute Gasteiger partial charge is 0.244 e. The number of carbonyl (C=O) groups excluding carboxylic acids is 1.